The Labute approximate surface area is 195 Å². The van der Waals surface area contributed by atoms with Crippen molar-refractivity contribution < 1.29 is 9.47 Å². The fraction of sp³-hybridized carbons (Fsp3) is 0.360. The molecule has 0 atom stereocenters. The van der Waals surface area contributed by atoms with Gasteiger partial charge in [0.1, 0.15) is 11.3 Å². The number of aryl methyl sites for hydroxylation is 1. The fourth-order valence-electron chi connectivity index (χ4n) is 3.66. The van der Waals surface area contributed by atoms with E-state index >= 15 is 0 Å². The van der Waals surface area contributed by atoms with Crippen LogP contribution in [0.5, 0.6) is 5.88 Å². The molecule has 0 aliphatic rings. The van der Waals surface area contributed by atoms with Crippen LogP contribution in [-0.4, -0.2) is 46.6 Å². The summed E-state index contributed by atoms with van der Waals surface area (Å²) in [6.45, 7) is 14.7. The number of hydrogen-bond acceptors (Lipinski definition) is 7. The first-order chi connectivity index (χ1) is 15.9. The Morgan fingerprint density at radius 3 is 2.79 bits per heavy atom. The Kier molecular flexibility index (Phi) is 7.82. The molecule has 0 fully saturated rings. The second-order valence-electron chi connectivity index (χ2n) is 7.74. The highest BCUT2D eigenvalue weighted by Gasteiger charge is 2.20. The predicted molar refractivity (Wildman–Crippen MR) is 133 cm³/mol. The van der Waals surface area contributed by atoms with E-state index in [9.17, 15) is 0 Å². The zero-order chi connectivity index (χ0) is 24.0. The normalized spacial score (nSPS) is 12.3. The van der Waals surface area contributed by atoms with Gasteiger partial charge in [-0.25, -0.2) is 19.5 Å². The monoisotopic (exact) mass is 448 g/mol. The quantitative estimate of drug-likeness (QED) is 0.262. The Morgan fingerprint density at radius 1 is 1.36 bits per heavy atom. The number of rotatable bonds is 10. The van der Waals surface area contributed by atoms with Crippen LogP contribution in [0, 0.1) is 6.92 Å². The molecule has 0 spiro atoms. The average molecular weight is 449 g/mol. The third kappa shape index (κ3) is 5.05. The van der Waals surface area contributed by atoms with E-state index in [0.717, 1.165) is 39.6 Å². The number of anilines is 1. The minimum Gasteiger partial charge on any atom is -0.481 e. The van der Waals surface area contributed by atoms with Gasteiger partial charge in [0.15, 0.2) is 0 Å². The molecule has 3 heterocycles. The fourth-order valence-corrected chi connectivity index (χ4v) is 3.66. The molecule has 0 unspecified atom stereocenters. The maximum atomic E-state index is 5.76. The molecule has 8 heteroatoms. The van der Waals surface area contributed by atoms with Crippen molar-refractivity contribution in [1.29, 1.82) is 0 Å². The van der Waals surface area contributed by atoms with Gasteiger partial charge in [-0.2, -0.15) is 5.10 Å². The van der Waals surface area contributed by atoms with Crippen molar-refractivity contribution in [2.75, 3.05) is 25.6 Å². The Hall–Kier alpha value is -3.68. The number of ether oxygens (including phenoxy) is 2. The summed E-state index contributed by atoms with van der Waals surface area (Å²) in [7, 11) is 1.59. The number of pyridine rings is 1. The molecular weight excluding hydrogens is 416 g/mol. The van der Waals surface area contributed by atoms with Crippen molar-refractivity contribution in [3.63, 3.8) is 0 Å². The van der Waals surface area contributed by atoms with Crippen LogP contribution in [0.1, 0.15) is 45.1 Å². The lowest BCUT2D eigenvalue weighted by molar-refractivity contribution is 0.285. The molecule has 174 valence electrons. The maximum absolute atomic E-state index is 5.76. The second kappa shape index (κ2) is 10.8. The van der Waals surface area contributed by atoms with E-state index in [1.807, 2.05) is 55.6 Å². The highest BCUT2D eigenvalue weighted by molar-refractivity contribution is 5.80. The molecule has 0 bridgehead atoms. The van der Waals surface area contributed by atoms with Crippen molar-refractivity contribution in [2.24, 2.45) is 4.99 Å². The molecule has 0 aromatic carbocycles. The van der Waals surface area contributed by atoms with Crippen LogP contribution in [-0.2, 0) is 4.74 Å². The highest BCUT2D eigenvalue weighted by atomic mass is 16.5. The molecule has 0 saturated heterocycles. The van der Waals surface area contributed by atoms with Gasteiger partial charge in [-0.15, -0.1) is 0 Å². The summed E-state index contributed by atoms with van der Waals surface area (Å²) in [6, 6.07) is 5.86. The lowest BCUT2D eigenvalue weighted by atomic mass is 10.1. The minimum atomic E-state index is 0.231. The number of allylic oxidation sites excluding steroid dienone is 1. The first-order valence-electron chi connectivity index (χ1n) is 11.0. The number of aliphatic imine (C=N–C) groups is 1. The topological polar surface area (TPSA) is 85.9 Å². The molecule has 0 aliphatic heterocycles. The summed E-state index contributed by atoms with van der Waals surface area (Å²) < 4.78 is 13.0. The van der Waals surface area contributed by atoms with Gasteiger partial charge in [0.05, 0.1) is 36.4 Å². The van der Waals surface area contributed by atoms with Crippen LogP contribution < -0.4 is 10.1 Å². The van der Waals surface area contributed by atoms with Gasteiger partial charge in [-0.1, -0.05) is 26.0 Å². The first kappa shape index (κ1) is 24.0. The number of fused-ring (bicyclic) bond motifs is 1. The molecule has 3 aromatic heterocycles. The second-order valence-corrected chi connectivity index (χ2v) is 7.74. The lowest BCUT2D eigenvalue weighted by Gasteiger charge is -2.15. The summed E-state index contributed by atoms with van der Waals surface area (Å²) in [5.41, 5.74) is 5.26. The van der Waals surface area contributed by atoms with E-state index in [4.69, 9.17) is 19.6 Å². The van der Waals surface area contributed by atoms with Crippen LogP contribution in [0.4, 0.5) is 5.69 Å². The van der Waals surface area contributed by atoms with E-state index in [0.29, 0.717) is 24.9 Å². The van der Waals surface area contributed by atoms with Gasteiger partial charge >= 0.3 is 0 Å². The van der Waals surface area contributed by atoms with Gasteiger partial charge < -0.3 is 14.8 Å². The Balaban J connectivity index is 2.20. The standard InChI is InChI=1S/C25H32N6O2/c1-8-11-18(24(26-6)32-7)15-28-21-14-20(19-12-10-13-27-25(19)33-9-2)30-31-17(5)29-22(16(3)4)23(21)31/h8,10-14,16,28H,6,9,15H2,1-5,7H3/b11-8-,24-18-. The van der Waals surface area contributed by atoms with Gasteiger partial charge in [-0.05, 0) is 51.6 Å². The first-order valence-corrected chi connectivity index (χ1v) is 11.0. The molecule has 0 amide bonds. The molecule has 3 aromatic rings. The third-order valence-corrected chi connectivity index (χ3v) is 5.11. The summed E-state index contributed by atoms with van der Waals surface area (Å²) in [5, 5.41) is 8.45. The summed E-state index contributed by atoms with van der Waals surface area (Å²) in [4.78, 5) is 13.2. The van der Waals surface area contributed by atoms with Crippen molar-refractivity contribution >= 4 is 17.9 Å². The van der Waals surface area contributed by atoms with Crippen molar-refractivity contribution in [3.05, 3.63) is 59.5 Å². The van der Waals surface area contributed by atoms with Crippen LogP contribution in [0.15, 0.2) is 53.0 Å². The number of methoxy groups -OCH3 is 1. The number of hydrogen-bond donors (Lipinski definition) is 1. The van der Waals surface area contributed by atoms with Gasteiger partial charge in [0.2, 0.25) is 11.8 Å². The average Bonchev–Trinajstić information content (AvgIpc) is 3.15. The molecular formula is C25H32N6O2. The third-order valence-electron chi connectivity index (χ3n) is 5.11. The number of aromatic nitrogens is 4. The lowest BCUT2D eigenvalue weighted by Crippen LogP contribution is -2.10. The van der Waals surface area contributed by atoms with E-state index in [1.165, 1.54) is 0 Å². The number of nitrogens with zero attached hydrogens (tertiary/aromatic N) is 5. The predicted octanol–water partition coefficient (Wildman–Crippen LogP) is 5.17. The van der Waals surface area contributed by atoms with E-state index in [2.05, 4.69) is 35.9 Å². The number of imidazole rings is 1. The minimum absolute atomic E-state index is 0.231. The zero-order valence-electron chi connectivity index (χ0n) is 20.2. The Bertz CT molecular complexity index is 1190. The van der Waals surface area contributed by atoms with E-state index in [1.54, 1.807) is 13.3 Å². The largest absolute Gasteiger partial charge is 0.481 e. The molecule has 0 saturated carbocycles. The van der Waals surface area contributed by atoms with Gasteiger partial charge in [0.25, 0.3) is 0 Å². The molecule has 1 N–H and O–H groups in total. The smallest absolute Gasteiger partial charge is 0.222 e. The maximum Gasteiger partial charge on any atom is 0.222 e. The van der Waals surface area contributed by atoms with Gasteiger partial charge in [0, 0.05) is 18.3 Å². The van der Waals surface area contributed by atoms with Crippen molar-refractivity contribution in [2.45, 2.75) is 40.5 Å². The Morgan fingerprint density at radius 2 is 2.15 bits per heavy atom. The SMILES string of the molecule is C=N/C(OC)=C(\C=C/C)CNc1cc(-c2cccnc2OCC)nn2c(C)nc(C(C)C)c12. The van der Waals surface area contributed by atoms with Crippen LogP contribution in [0.2, 0.25) is 0 Å². The van der Waals surface area contributed by atoms with Crippen LogP contribution >= 0.6 is 0 Å². The van der Waals surface area contributed by atoms with Gasteiger partial charge in [-0.3, -0.25) is 0 Å². The number of nitrogens with one attached hydrogen (secondary N) is 1. The van der Waals surface area contributed by atoms with Crippen molar-refractivity contribution in [3.8, 4) is 17.1 Å². The highest BCUT2D eigenvalue weighted by Crippen LogP contribution is 2.33. The molecule has 3 rings (SSSR count). The molecule has 0 aliphatic carbocycles. The van der Waals surface area contributed by atoms with E-state index < -0.39 is 0 Å². The zero-order valence-corrected chi connectivity index (χ0v) is 20.2. The molecule has 0 radical (unpaired) electrons. The van der Waals surface area contributed by atoms with Crippen molar-refractivity contribution in [1.82, 2.24) is 19.6 Å². The van der Waals surface area contributed by atoms with E-state index in [-0.39, 0.29) is 5.92 Å². The summed E-state index contributed by atoms with van der Waals surface area (Å²) in [6.07, 6.45) is 5.62. The molecule has 8 nitrogen and oxygen atoms in total. The molecule has 33 heavy (non-hydrogen) atoms. The summed E-state index contributed by atoms with van der Waals surface area (Å²) >= 11 is 0. The van der Waals surface area contributed by atoms with Crippen LogP contribution in [0.3, 0.4) is 0 Å². The van der Waals surface area contributed by atoms with Crippen LogP contribution in [0.25, 0.3) is 16.8 Å². The summed E-state index contributed by atoms with van der Waals surface area (Å²) in [5.74, 6) is 2.07.